The highest BCUT2D eigenvalue weighted by molar-refractivity contribution is 5.08. The summed E-state index contributed by atoms with van der Waals surface area (Å²) in [6.45, 7) is 5.08. The summed E-state index contributed by atoms with van der Waals surface area (Å²) in [5, 5.41) is 12.9. The first-order chi connectivity index (χ1) is 5.67. The van der Waals surface area contributed by atoms with Gasteiger partial charge >= 0.3 is 0 Å². The van der Waals surface area contributed by atoms with E-state index in [1.165, 1.54) is 0 Å². The number of likely N-dealkylation sites (N-methyl/N-ethyl adjacent to an activating group) is 1. The van der Waals surface area contributed by atoms with E-state index in [9.17, 15) is 5.11 Å². The Morgan fingerprint density at radius 1 is 1.67 bits per heavy atom. The highest BCUT2D eigenvalue weighted by Gasteiger charge is 2.24. The van der Waals surface area contributed by atoms with Crippen molar-refractivity contribution in [3.05, 3.63) is 24.2 Å². The van der Waals surface area contributed by atoms with E-state index >= 15 is 0 Å². The largest absolute Gasteiger partial charge is 0.466 e. The number of furan rings is 1. The second kappa shape index (κ2) is 3.74. The van der Waals surface area contributed by atoms with Gasteiger partial charge in [0.15, 0.2) is 0 Å². The Kier molecular flexibility index (Phi) is 2.89. The van der Waals surface area contributed by atoms with Crippen LogP contribution < -0.4 is 5.32 Å². The van der Waals surface area contributed by atoms with Crippen LogP contribution in [-0.2, 0) is 5.60 Å². The standard InChI is InChI=1S/C9H15NO2/c1-3-10-7-9(2,11)8-5-4-6-12-8/h4-6,10-11H,3,7H2,1-2H3. The fourth-order valence-electron chi connectivity index (χ4n) is 1.04. The third-order valence-electron chi connectivity index (χ3n) is 1.77. The van der Waals surface area contributed by atoms with E-state index in [0.717, 1.165) is 6.54 Å². The fourth-order valence-corrected chi connectivity index (χ4v) is 1.04. The minimum absolute atomic E-state index is 0.511. The Labute approximate surface area is 72.4 Å². The third-order valence-corrected chi connectivity index (χ3v) is 1.77. The minimum Gasteiger partial charge on any atom is -0.466 e. The van der Waals surface area contributed by atoms with Crippen LogP contribution in [0, 0.1) is 0 Å². The minimum atomic E-state index is -0.903. The molecule has 3 heteroatoms. The summed E-state index contributed by atoms with van der Waals surface area (Å²) in [6, 6.07) is 3.55. The molecule has 0 radical (unpaired) electrons. The monoisotopic (exact) mass is 169 g/mol. The fraction of sp³-hybridized carbons (Fsp3) is 0.556. The van der Waals surface area contributed by atoms with Crippen molar-refractivity contribution in [2.75, 3.05) is 13.1 Å². The summed E-state index contributed by atoms with van der Waals surface area (Å²) in [7, 11) is 0. The maximum Gasteiger partial charge on any atom is 0.136 e. The van der Waals surface area contributed by atoms with E-state index in [4.69, 9.17) is 4.42 Å². The normalized spacial score (nSPS) is 15.9. The number of hydrogen-bond acceptors (Lipinski definition) is 3. The molecule has 0 saturated heterocycles. The molecule has 0 aliphatic rings. The quantitative estimate of drug-likeness (QED) is 0.709. The van der Waals surface area contributed by atoms with Gasteiger partial charge in [0.2, 0.25) is 0 Å². The predicted molar refractivity (Wildman–Crippen MR) is 46.8 cm³/mol. The highest BCUT2D eigenvalue weighted by Crippen LogP contribution is 2.19. The van der Waals surface area contributed by atoms with Gasteiger partial charge in [-0.2, -0.15) is 0 Å². The number of hydrogen-bond donors (Lipinski definition) is 2. The average Bonchev–Trinajstić information content (AvgIpc) is 2.53. The van der Waals surface area contributed by atoms with Gasteiger partial charge in [-0.15, -0.1) is 0 Å². The molecular formula is C9H15NO2. The maximum absolute atomic E-state index is 9.85. The van der Waals surface area contributed by atoms with Crippen molar-refractivity contribution < 1.29 is 9.52 Å². The molecule has 68 valence electrons. The summed E-state index contributed by atoms with van der Waals surface area (Å²) in [5.41, 5.74) is -0.903. The van der Waals surface area contributed by atoms with Crippen molar-refractivity contribution in [2.24, 2.45) is 0 Å². The van der Waals surface area contributed by atoms with E-state index in [0.29, 0.717) is 12.3 Å². The van der Waals surface area contributed by atoms with Gasteiger partial charge in [-0.1, -0.05) is 6.92 Å². The van der Waals surface area contributed by atoms with E-state index in [-0.39, 0.29) is 0 Å². The molecule has 2 N–H and O–H groups in total. The van der Waals surface area contributed by atoms with Gasteiger partial charge < -0.3 is 14.8 Å². The van der Waals surface area contributed by atoms with Crippen LogP contribution in [0.15, 0.2) is 22.8 Å². The second-order valence-corrected chi connectivity index (χ2v) is 3.03. The molecule has 1 aromatic heterocycles. The number of nitrogens with one attached hydrogen (secondary N) is 1. The molecular weight excluding hydrogens is 154 g/mol. The summed E-state index contributed by atoms with van der Waals surface area (Å²) in [5.74, 6) is 0.600. The highest BCUT2D eigenvalue weighted by atomic mass is 16.4. The van der Waals surface area contributed by atoms with Crippen LogP contribution in [0.2, 0.25) is 0 Å². The molecule has 1 heterocycles. The lowest BCUT2D eigenvalue weighted by Gasteiger charge is -2.20. The van der Waals surface area contributed by atoms with Crippen molar-refractivity contribution in [1.82, 2.24) is 5.32 Å². The molecule has 12 heavy (non-hydrogen) atoms. The summed E-state index contributed by atoms with van der Waals surface area (Å²) in [4.78, 5) is 0. The molecule has 0 saturated carbocycles. The van der Waals surface area contributed by atoms with Gasteiger partial charge in [0.1, 0.15) is 11.4 Å². The van der Waals surface area contributed by atoms with Gasteiger partial charge in [0, 0.05) is 6.54 Å². The molecule has 0 amide bonds. The van der Waals surface area contributed by atoms with Crippen molar-refractivity contribution in [3.63, 3.8) is 0 Å². The van der Waals surface area contributed by atoms with Gasteiger partial charge in [-0.3, -0.25) is 0 Å². The van der Waals surface area contributed by atoms with E-state index < -0.39 is 5.60 Å². The van der Waals surface area contributed by atoms with Gasteiger partial charge in [-0.05, 0) is 25.6 Å². The van der Waals surface area contributed by atoms with E-state index in [1.54, 1.807) is 25.3 Å². The third kappa shape index (κ3) is 2.09. The molecule has 1 rings (SSSR count). The molecule has 0 spiro atoms. The Balaban J connectivity index is 2.59. The maximum atomic E-state index is 9.85. The second-order valence-electron chi connectivity index (χ2n) is 3.03. The van der Waals surface area contributed by atoms with Gasteiger partial charge in [0.25, 0.3) is 0 Å². The Hall–Kier alpha value is -0.800. The first-order valence-corrected chi connectivity index (χ1v) is 4.14. The molecule has 0 aromatic carbocycles. The van der Waals surface area contributed by atoms with Crippen LogP contribution in [0.4, 0.5) is 0 Å². The van der Waals surface area contributed by atoms with Gasteiger partial charge in [-0.25, -0.2) is 0 Å². The summed E-state index contributed by atoms with van der Waals surface area (Å²) >= 11 is 0. The van der Waals surface area contributed by atoms with Gasteiger partial charge in [0.05, 0.1) is 6.26 Å². The first kappa shape index (κ1) is 9.29. The van der Waals surface area contributed by atoms with Crippen LogP contribution in [0.5, 0.6) is 0 Å². The first-order valence-electron chi connectivity index (χ1n) is 4.14. The van der Waals surface area contributed by atoms with Crippen molar-refractivity contribution >= 4 is 0 Å². The van der Waals surface area contributed by atoms with Crippen LogP contribution in [0.3, 0.4) is 0 Å². The zero-order valence-electron chi connectivity index (χ0n) is 7.50. The Morgan fingerprint density at radius 3 is 2.92 bits per heavy atom. The SMILES string of the molecule is CCNCC(C)(O)c1ccco1. The predicted octanol–water partition coefficient (Wildman–Crippen LogP) is 1.10. The smallest absolute Gasteiger partial charge is 0.136 e. The Morgan fingerprint density at radius 2 is 2.42 bits per heavy atom. The average molecular weight is 169 g/mol. The molecule has 0 aliphatic heterocycles. The molecule has 0 fully saturated rings. The van der Waals surface area contributed by atoms with Crippen LogP contribution >= 0.6 is 0 Å². The summed E-state index contributed by atoms with van der Waals surface area (Å²) in [6.07, 6.45) is 1.57. The Bertz CT molecular complexity index is 216. The number of rotatable bonds is 4. The number of aliphatic hydroxyl groups is 1. The van der Waals surface area contributed by atoms with Crippen molar-refractivity contribution in [1.29, 1.82) is 0 Å². The van der Waals surface area contributed by atoms with Crippen LogP contribution in [-0.4, -0.2) is 18.2 Å². The molecule has 0 bridgehead atoms. The molecule has 1 unspecified atom stereocenters. The lowest BCUT2D eigenvalue weighted by molar-refractivity contribution is 0.0349. The van der Waals surface area contributed by atoms with Crippen molar-refractivity contribution in [3.8, 4) is 0 Å². The topological polar surface area (TPSA) is 45.4 Å². The zero-order valence-corrected chi connectivity index (χ0v) is 7.50. The molecule has 3 nitrogen and oxygen atoms in total. The van der Waals surface area contributed by atoms with Crippen LogP contribution in [0.1, 0.15) is 19.6 Å². The summed E-state index contributed by atoms with van der Waals surface area (Å²) < 4.78 is 5.11. The van der Waals surface area contributed by atoms with Crippen LogP contribution in [0.25, 0.3) is 0 Å². The molecule has 1 aromatic rings. The van der Waals surface area contributed by atoms with E-state index in [1.807, 2.05) is 6.92 Å². The molecule has 0 aliphatic carbocycles. The van der Waals surface area contributed by atoms with E-state index in [2.05, 4.69) is 5.32 Å². The lowest BCUT2D eigenvalue weighted by atomic mass is 10.0. The van der Waals surface area contributed by atoms with Crippen molar-refractivity contribution in [2.45, 2.75) is 19.4 Å². The molecule has 1 atom stereocenters. The lowest BCUT2D eigenvalue weighted by Crippen LogP contribution is -2.34. The zero-order chi connectivity index (χ0) is 9.03.